The molecule has 0 bridgehead atoms. The molecule has 2 aromatic carbocycles. The molecular weight excluding hydrogens is 423 g/mol. The number of rotatable bonds is 9. The molecule has 0 aromatic heterocycles. The second-order valence-electron chi connectivity index (χ2n) is 8.01. The van der Waals surface area contributed by atoms with E-state index in [4.69, 9.17) is 4.74 Å². The number of benzene rings is 2. The van der Waals surface area contributed by atoms with Crippen LogP contribution in [0.15, 0.2) is 48.5 Å². The maximum atomic E-state index is 13.1. The van der Waals surface area contributed by atoms with Crippen molar-refractivity contribution >= 4 is 17.6 Å². The van der Waals surface area contributed by atoms with Crippen LogP contribution in [0.25, 0.3) is 0 Å². The number of para-hydroxylation sites is 2. The van der Waals surface area contributed by atoms with E-state index in [0.29, 0.717) is 39.2 Å². The van der Waals surface area contributed by atoms with Gasteiger partial charge in [0.15, 0.2) is 0 Å². The molecule has 3 amide bonds. The third-order valence-electron chi connectivity index (χ3n) is 5.64. The predicted octanol–water partition coefficient (Wildman–Crippen LogP) is 3.54. The molecule has 0 spiro atoms. The summed E-state index contributed by atoms with van der Waals surface area (Å²) in [6, 6.07) is 12.9. The number of ether oxygens (including phenoxy) is 1. The highest BCUT2D eigenvalue weighted by Gasteiger charge is 2.28. The maximum Gasteiger partial charge on any atom is 0.315 e. The van der Waals surface area contributed by atoms with E-state index in [9.17, 15) is 14.0 Å². The number of hydrogen-bond acceptors (Lipinski definition) is 4. The second-order valence-corrected chi connectivity index (χ2v) is 8.01. The minimum Gasteiger partial charge on any atom is -0.492 e. The average molecular weight is 457 g/mol. The van der Waals surface area contributed by atoms with Gasteiger partial charge in [-0.2, -0.15) is 0 Å². The topological polar surface area (TPSA) is 73.9 Å². The summed E-state index contributed by atoms with van der Waals surface area (Å²) in [6.45, 7) is 7.37. The van der Waals surface area contributed by atoms with Crippen molar-refractivity contribution in [1.82, 2.24) is 15.5 Å². The highest BCUT2D eigenvalue weighted by Crippen LogP contribution is 2.28. The van der Waals surface area contributed by atoms with Crippen LogP contribution in [0.5, 0.6) is 5.75 Å². The Morgan fingerprint density at radius 3 is 2.39 bits per heavy atom. The molecule has 1 atom stereocenters. The zero-order valence-electron chi connectivity index (χ0n) is 19.4. The number of urea groups is 1. The van der Waals surface area contributed by atoms with E-state index in [1.807, 2.05) is 43.0 Å². The van der Waals surface area contributed by atoms with E-state index in [1.54, 1.807) is 12.1 Å². The highest BCUT2D eigenvalue weighted by atomic mass is 19.1. The maximum absolute atomic E-state index is 13.1. The molecule has 1 aliphatic rings. The van der Waals surface area contributed by atoms with Gasteiger partial charge in [0.2, 0.25) is 5.91 Å². The largest absolute Gasteiger partial charge is 0.492 e. The molecule has 1 saturated heterocycles. The number of halogens is 1. The van der Waals surface area contributed by atoms with Crippen LogP contribution in [0, 0.1) is 5.82 Å². The number of piperazine rings is 1. The van der Waals surface area contributed by atoms with Crippen LogP contribution >= 0.6 is 0 Å². The van der Waals surface area contributed by atoms with Gasteiger partial charge in [-0.1, -0.05) is 37.6 Å². The first-order chi connectivity index (χ1) is 16.0. The Bertz CT molecular complexity index is 914. The fourth-order valence-corrected chi connectivity index (χ4v) is 3.92. The number of amides is 3. The first-order valence-corrected chi connectivity index (χ1v) is 11.6. The Morgan fingerprint density at radius 1 is 1.03 bits per heavy atom. The number of nitrogens with zero attached hydrogens (tertiary/aromatic N) is 2. The molecule has 1 fully saturated rings. The lowest BCUT2D eigenvalue weighted by molar-refractivity contribution is -0.133. The number of nitrogens with one attached hydrogen (secondary N) is 2. The van der Waals surface area contributed by atoms with E-state index < -0.39 is 12.1 Å². The smallest absolute Gasteiger partial charge is 0.315 e. The fourth-order valence-electron chi connectivity index (χ4n) is 3.92. The summed E-state index contributed by atoms with van der Waals surface area (Å²) in [5.41, 5.74) is 1.82. The highest BCUT2D eigenvalue weighted by molar-refractivity contribution is 5.87. The van der Waals surface area contributed by atoms with E-state index in [2.05, 4.69) is 15.5 Å². The minimum absolute atomic E-state index is 0.0634. The van der Waals surface area contributed by atoms with Gasteiger partial charge < -0.3 is 25.2 Å². The van der Waals surface area contributed by atoms with E-state index >= 15 is 0 Å². The average Bonchev–Trinajstić information content (AvgIpc) is 2.84. The minimum atomic E-state index is -0.578. The van der Waals surface area contributed by atoms with Gasteiger partial charge in [0, 0.05) is 32.7 Å². The first-order valence-electron chi connectivity index (χ1n) is 11.6. The molecule has 0 radical (unpaired) electrons. The number of carbonyl (C=O) groups excluding carboxylic acids is 2. The van der Waals surface area contributed by atoms with Gasteiger partial charge in [0.25, 0.3) is 0 Å². The molecule has 1 unspecified atom stereocenters. The Labute approximate surface area is 194 Å². The number of hydrogen-bond donors (Lipinski definition) is 2. The Kier molecular flexibility index (Phi) is 8.92. The van der Waals surface area contributed by atoms with Gasteiger partial charge in [-0.3, -0.25) is 4.79 Å². The van der Waals surface area contributed by atoms with Crippen molar-refractivity contribution in [2.45, 2.75) is 39.3 Å². The molecular formula is C25H33FN4O3. The van der Waals surface area contributed by atoms with Crippen LogP contribution in [0.2, 0.25) is 0 Å². The standard InChI is InChI=1S/C25H33FN4O3/c1-3-7-21(28-25(32)27-18-19-10-12-20(26)13-11-19)24(31)30-16-14-29(15-17-30)22-8-5-6-9-23(22)33-4-2/h5-6,8-13,21H,3-4,7,14-18H2,1-2H3,(H2,27,28,32). The summed E-state index contributed by atoms with van der Waals surface area (Å²) >= 11 is 0. The normalized spacial score (nSPS) is 14.5. The Hall–Kier alpha value is -3.29. The van der Waals surface area contributed by atoms with E-state index in [-0.39, 0.29) is 18.3 Å². The molecule has 178 valence electrons. The van der Waals surface area contributed by atoms with Gasteiger partial charge in [-0.25, -0.2) is 9.18 Å². The Morgan fingerprint density at radius 2 is 1.73 bits per heavy atom. The van der Waals surface area contributed by atoms with E-state index in [0.717, 1.165) is 23.4 Å². The van der Waals surface area contributed by atoms with E-state index in [1.165, 1.54) is 12.1 Å². The third-order valence-corrected chi connectivity index (χ3v) is 5.64. The monoisotopic (exact) mass is 456 g/mol. The lowest BCUT2D eigenvalue weighted by atomic mass is 10.1. The molecule has 3 rings (SSSR count). The lowest BCUT2D eigenvalue weighted by Crippen LogP contribution is -2.56. The van der Waals surface area contributed by atoms with Crippen LogP contribution in [-0.2, 0) is 11.3 Å². The van der Waals surface area contributed by atoms with Gasteiger partial charge in [-0.05, 0) is 43.2 Å². The van der Waals surface area contributed by atoms with Crippen molar-refractivity contribution in [3.8, 4) is 5.75 Å². The van der Waals surface area contributed by atoms with Crippen molar-refractivity contribution in [1.29, 1.82) is 0 Å². The zero-order valence-corrected chi connectivity index (χ0v) is 19.4. The van der Waals surface area contributed by atoms with Crippen LogP contribution in [0.4, 0.5) is 14.9 Å². The van der Waals surface area contributed by atoms with Crippen molar-refractivity contribution < 1.29 is 18.7 Å². The molecule has 0 aliphatic carbocycles. The summed E-state index contributed by atoms with van der Waals surface area (Å²) in [7, 11) is 0. The van der Waals surface area contributed by atoms with Crippen molar-refractivity contribution in [3.63, 3.8) is 0 Å². The van der Waals surface area contributed by atoms with Crippen molar-refractivity contribution in [2.24, 2.45) is 0 Å². The Balaban J connectivity index is 1.53. The van der Waals surface area contributed by atoms with Crippen molar-refractivity contribution in [3.05, 3.63) is 59.9 Å². The van der Waals surface area contributed by atoms with Gasteiger partial charge in [0.1, 0.15) is 17.6 Å². The summed E-state index contributed by atoms with van der Waals surface area (Å²) < 4.78 is 18.8. The summed E-state index contributed by atoms with van der Waals surface area (Å²) in [5, 5.41) is 5.56. The molecule has 33 heavy (non-hydrogen) atoms. The first kappa shape index (κ1) is 24.4. The number of anilines is 1. The molecule has 2 aromatic rings. The molecule has 8 heteroatoms. The molecule has 1 aliphatic heterocycles. The van der Waals surface area contributed by atoms with Gasteiger partial charge >= 0.3 is 6.03 Å². The SMILES string of the molecule is CCCC(NC(=O)NCc1ccc(F)cc1)C(=O)N1CCN(c2ccccc2OCC)CC1. The van der Waals surface area contributed by atoms with Crippen LogP contribution in [0.1, 0.15) is 32.3 Å². The van der Waals surface area contributed by atoms with Crippen LogP contribution in [-0.4, -0.2) is 55.7 Å². The van der Waals surface area contributed by atoms with Gasteiger partial charge in [-0.15, -0.1) is 0 Å². The van der Waals surface area contributed by atoms with Gasteiger partial charge in [0.05, 0.1) is 12.3 Å². The van der Waals surface area contributed by atoms with Crippen LogP contribution in [0.3, 0.4) is 0 Å². The zero-order chi connectivity index (χ0) is 23.6. The molecule has 2 N–H and O–H groups in total. The molecule has 0 saturated carbocycles. The summed E-state index contributed by atoms with van der Waals surface area (Å²) in [4.78, 5) is 29.6. The van der Waals surface area contributed by atoms with Crippen LogP contribution < -0.4 is 20.3 Å². The summed E-state index contributed by atoms with van der Waals surface area (Å²) in [6.07, 6.45) is 1.34. The fraction of sp³-hybridized carbons (Fsp3) is 0.440. The van der Waals surface area contributed by atoms with Crippen molar-refractivity contribution in [2.75, 3.05) is 37.7 Å². The second kappa shape index (κ2) is 12.1. The summed E-state index contributed by atoms with van der Waals surface area (Å²) in [5.74, 6) is 0.466. The molecule has 1 heterocycles. The quantitative estimate of drug-likeness (QED) is 0.605. The number of carbonyl (C=O) groups is 2. The third kappa shape index (κ3) is 6.84. The lowest BCUT2D eigenvalue weighted by Gasteiger charge is -2.38. The molecule has 7 nitrogen and oxygen atoms in total. The predicted molar refractivity (Wildman–Crippen MR) is 127 cm³/mol.